The molecular formula is C32H38F2N6O. The molecule has 2 fully saturated rings. The molecular weight excluding hydrogens is 522 g/mol. The van der Waals surface area contributed by atoms with E-state index >= 15 is 8.78 Å². The van der Waals surface area contributed by atoms with Gasteiger partial charge in [-0.25, -0.2) is 18.7 Å². The minimum Gasteiger partial charge on any atom is -0.363 e. The predicted molar refractivity (Wildman–Crippen MR) is 155 cm³/mol. The van der Waals surface area contributed by atoms with E-state index in [-0.39, 0.29) is 34.9 Å². The van der Waals surface area contributed by atoms with Crippen molar-refractivity contribution in [1.29, 1.82) is 5.26 Å². The maximum Gasteiger partial charge on any atom is 0.273 e. The molecule has 0 spiro atoms. The van der Waals surface area contributed by atoms with Gasteiger partial charge in [0, 0.05) is 47.3 Å². The summed E-state index contributed by atoms with van der Waals surface area (Å²) in [6.07, 6.45) is 4.86. The molecule has 0 amide bonds. The minimum absolute atomic E-state index is 0.0535. The van der Waals surface area contributed by atoms with Crippen LogP contribution in [0.5, 0.6) is 0 Å². The van der Waals surface area contributed by atoms with E-state index in [1.54, 1.807) is 25.1 Å². The first kappa shape index (κ1) is 24.2. The highest BCUT2D eigenvalue weighted by Gasteiger charge is 2.47. The zero-order valence-electron chi connectivity index (χ0n) is 26.4. The van der Waals surface area contributed by atoms with Gasteiger partial charge in [0.2, 0.25) is 0 Å². The number of rotatable bonds is 1. The Balaban J connectivity index is 1.47. The first-order valence-corrected chi connectivity index (χ1v) is 14.8. The molecule has 1 saturated carbocycles. The Morgan fingerprint density at radius 3 is 2.61 bits per heavy atom. The van der Waals surface area contributed by atoms with Crippen LogP contribution in [0.3, 0.4) is 0 Å². The van der Waals surface area contributed by atoms with Crippen LogP contribution >= 0.6 is 0 Å². The maximum absolute atomic E-state index is 15.4. The number of anilines is 1. The van der Waals surface area contributed by atoms with Gasteiger partial charge in [0.25, 0.3) is 11.5 Å². The zero-order valence-corrected chi connectivity index (χ0v) is 23.4. The number of alkyl halides is 2. The van der Waals surface area contributed by atoms with Crippen molar-refractivity contribution in [3.05, 3.63) is 63.2 Å². The number of aromatic nitrogens is 3. The lowest BCUT2D eigenvalue weighted by Crippen LogP contribution is -2.47. The summed E-state index contributed by atoms with van der Waals surface area (Å²) in [4.78, 5) is 25.0. The smallest absolute Gasteiger partial charge is 0.273 e. The van der Waals surface area contributed by atoms with Gasteiger partial charge in [0.15, 0.2) is 0 Å². The molecule has 3 aliphatic heterocycles. The summed E-state index contributed by atoms with van der Waals surface area (Å²) in [5.41, 5.74) is -0.121. The summed E-state index contributed by atoms with van der Waals surface area (Å²) in [5.74, 6) is -2.92. The SMILES string of the molecule is [2H]C([2H])([2H])c1nc2c3cc(C4(C#N)CC4)c(=O)n(c3n1)CCCCCCN1CC(CCC(F)(F)c3cccc(c3)[C@@H](C)N2)C1. The van der Waals surface area contributed by atoms with Crippen LogP contribution < -0.4 is 10.9 Å². The van der Waals surface area contributed by atoms with Crippen LogP contribution in [-0.4, -0.2) is 39.1 Å². The number of hydrogen-bond donors (Lipinski definition) is 1. The fraction of sp³-hybridized carbons (Fsp3) is 0.562. The van der Waals surface area contributed by atoms with Crippen LogP contribution in [0.15, 0.2) is 35.1 Å². The lowest BCUT2D eigenvalue weighted by atomic mass is 9.90. The third-order valence-electron chi connectivity index (χ3n) is 9.09. The van der Waals surface area contributed by atoms with E-state index in [1.165, 1.54) is 16.7 Å². The molecule has 0 unspecified atom stereocenters. The van der Waals surface area contributed by atoms with E-state index in [0.29, 0.717) is 48.7 Å². The van der Waals surface area contributed by atoms with E-state index in [2.05, 4.69) is 26.3 Å². The summed E-state index contributed by atoms with van der Waals surface area (Å²) in [5, 5.41) is 13.7. The Labute approximate surface area is 243 Å². The summed E-state index contributed by atoms with van der Waals surface area (Å²) in [6.45, 7) is 2.09. The number of fused-ring (bicyclic) bond motifs is 8. The number of pyridine rings is 1. The summed E-state index contributed by atoms with van der Waals surface area (Å²) in [7, 11) is 0. The first-order valence-electron chi connectivity index (χ1n) is 16.3. The van der Waals surface area contributed by atoms with Crippen molar-refractivity contribution >= 4 is 16.9 Å². The Kier molecular flexibility index (Phi) is 6.38. The number of nitrogens with zero attached hydrogens (tertiary/aromatic N) is 5. The van der Waals surface area contributed by atoms with Crippen LogP contribution in [0.2, 0.25) is 0 Å². The highest BCUT2D eigenvalue weighted by molar-refractivity contribution is 5.88. The van der Waals surface area contributed by atoms with Gasteiger partial charge in [-0.05, 0) is 76.0 Å². The number of nitrogens with one attached hydrogen (secondary N) is 1. The molecule has 9 heteroatoms. The standard InChI is InChI=1S/C32H38F2N6O/c1-21-24-8-7-9-25(16-24)32(33,34)11-10-23-18-39(19-23)14-5-3-4-6-15-40-29-26(28(36-21)37-22(2)38-29)17-27(30(40)41)31(20-35)12-13-31/h7-9,16-17,21,23H,3-6,10-15,18-19H2,1-2H3,(H,36,37,38)/t21-/m1/s1/i2D3. The van der Waals surface area contributed by atoms with E-state index in [9.17, 15) is 10.1 Å². The summed E-state index contributed by atoms with van der Waals surface area (Å²) in [6, 6.07) is 9.73. The molecule has 5 heterocycles. The number of aryl methyl sites for hydroxylation is 2. The van der Waals surface area contributed by atoms with Crippen LogP contribution in [-0.2, 0) is 17.9 Å². The molecule has 216 valence electrons. The highest BCUT2D eigenvalue weighted by Crippen LogP contribution is 2.47. The van der Waals surface area contributed by atoms with Crippen molar-refractivity contribution < 1.29 is 12.9 Å². The Bertz CT molecular complexity index is 1660. The van der Waals surface area contributed by atoms with Crippen molar-refractivity contribution in [3.63, 3.8) is 0 Å². The topological polar surface area (TPSA) is 86.8 Å². The molecule has 3 aromatic rings. The molecule has 1 saturated heterocycles. The van der Waals surface area contributed by atoms with Crippen molar-refractivity contribution in [2.24, 2.45) is 5.92 Å². The Morgan fingerprint density at radius 2 is 1.88 bits per heavy atom. The van der Waals surface area contributed by atoms with Gasteiger partial charge in [-0.1, -0.05) is 31.0 Å². The quantitative estimate of drug-likeness (QED) is 0.379. The molecule has 1 N–H and O–H groups in total. The molecule has 4 aliphatic rings. The maximum atomic E-state index is 15.4. The number of hydrogen-bond acceptors (Lipinski definition) is 6. The lowest BCUT2D eigenvalue weighted by Gasteiger charge is -2.40. The highest BCUT2D eigenvalue weighted by atomic mass is 19.3. The van der Waals surface area contributed by atoms with Gasteiger partial charge < -0.3 is 10.2 Å². The molecule has 1 atom stereocenters. The van der Waals surface area contributed by atoms with Crippen LogP contribution in [0.25, 0.3) is 11.0 Å². The fourth-order valence-electron chi connectivity index (χ4n) is 6.33. The van der Waals surface area contributed by atoms with Crippen molar-refractivity contribution in [2.75, 3.05) is 25.0 Å². The zero-order chi connectivity index (χ0) is 31.3. The second-order valence-corrected chi connectivity index (χ2v) is 12.1. The predicted octanol–water partition coefficient (Wildman–Crippen LogP) is 6.21. The van der Waals surface area contributed by atoms with E-state index in [1.807, 2.05) is 0 Å². The molecule has 1 aliphatic carbocycles. The number of nitriles is 1. The van der Waals surface area contributed by atoms with E-state index in [0.717, 1.165) is 38.9 Å². The Hall–Kier alpha value is -3.38. The second-order valence-electron chi connectivity index (χ2n) is 12.1. The van der Waals surface area contributed by atoms with Gasteiger partial charge >= 0.3 is 0 Å². The largest absolute Gasteiger partial charge is 0.363 e. The lowest BCUT2D eigenvalue weighted by molar-refractivity contribution is -0.0291. The normalized spacial score (nSPS) is 27.2. The third kappa shape index (κ3) is 5.46. The number of halogens is 2. The molecule has 7 nitrogen and oxygen atoms in total. The fourth-order valence-corrected chi connectivity index (χ4v) is 6.33. The molecule has 41 heavy (non-hydrogen) atoms. The summed E-state index contributed by atoms with van der Waals surface area (Å²) < 4.78 is 56.5. The van der Waals surface area contributed by atoms with Gasteiger partial charge in [-0.2, -0.15) is 5.26 Å². The minimum atomic E-state index is -2.98. The average Bonchev–Trinajstić information content (AvgIpc) is 3.76. The van der Waals surface area contributed by atoms with Crippen LogP contribution in [0.4, 0.5) is 14.6 Å². The van der Waals surface area contributed by atoms with Gasteiger partial charge in [0.05, 0.1) is 16.9 Å². The monoisotopic (exact) mass is 563 g/mol. The molecule has 8 bridgehead atoms. The van der Waals surface area contributed by atoms with Gasteiger partial charge in [-0.3, -0.25) is 9.36 Å². The first-order chi connectivity index (χ1) is 20.9. The third-order valence-corrected chi connectivity index (χ3v) is 9.09. The van der Waals surface area contributed by atoms with Gasteiger partial charge in [0.1, 0.15) is 17.3 Å². The van der Waals surface area contributed by atoms with Crippen molar-refractivity contribution in [3.8, 4) is 6.07 Å². The van der Waals surface area contributed by atoms with Crippen LogP contribution in [0.1, 0.15) is 91.0 Å². The number of benzene rings is 1. The molecule has 1 aromatic carbocycles. The average molecular weight is 564 g/mol. The molecule has 7 rings (SSSR count). The van der Waals surface area contributed by atoms with Crippen molar-refractivity contribution in [1.82, 2.24) is 19.4 Å². The van der Waals surface area contributed by atoms with E-state index in [4.69, 9.17) is 4.11 Å². The molecule has 2 aromatic heterocycles. The second kappa shape index (κ2) is 10.8. The van der Waals surface area contributed by atoms with Crippen molar-refractivity contribution in [2.45, 2.75) is 89.1 Å². The van der Waals surface area contributed by atoms with Gasteiger partial charge in [-0.15, -0.1) is 0 Å². The van der Waals surface area contributed by atoms with E-state index < -0.39 is 30.1 Å². The summed E-state index contributed by atoms with van der Waals surface area (Å²) >= 11 is 0. The molecule has 0 radical (unpaired) electrons. The Morgan fingerprint density at radius 1 is 1.10 bits per heavy atom. The van der Waals surface area contributed by atoms with Crippen LogP contribution in [0, 0.1) is 24.1 Å².